The summed E-state index contributed by atoms with van der Waals surface area (Å²) < 4.78 is 15.7. The van der Waals surface area contributed by atoms with Crippen LogP contribution in [0.4, 0.5) is 0 Å². The number of aryl methyl sites for hydroxylation is 6. The van der Waals surface area contributed by atoms with Crippen molar-refractivity contribution in [2.24, 2.45) is 0 Å². The van der Waals surface area contributed by atoms with Crippen molar-refractivity contribution in [3.05, 3.63) is 52.0 Å². The van der Waals surface area contributed by atoms with E-state index in [4.69, 9.17) is 19.6 Å². The van der Waals surface area contributed by atoms with Crippen molar-refractivity contribution in [3.8, 4) is 11.1 Å². The average Bonchev–Trinajstić information content (AvgIpc) is 3.23. The summed E-state index contributed by atoms with van der Waals surface area (Å²) in [7, 11) is 1.74. The number of hydrogen-bond acceptors (Lipinski definition) is 4. The Balaban J connectivity index is 1.95. The van der Waals surface area contributed by atoms with Crippen LogP contribution < -0.4 is 0 Å². The van der Waals surface area contributed by atoms with Crippen molar-refractivity contribution in [2.45, 2.75) is 74.1 Å². The fourth-order valence-electron chi connectivity index (χ4n) is 5.00. The lowest BCUT2D eigenvalue weighted by atomic mass is 9.94. The largest absolute Gasteiger partial charge is 0.379 e. The maximum atomic E-state index is 5.80. The van der Waals surface area contributed by atoms with Crippen LogP contribution in [0, 0.1) is 34.6 Å². The van der Waals surface area contributed by atoms with Crippen molar-refractivity contribution in [2.75, 3.05) is 13.7 Å². The second-order valence-corrected chi connectivity index (χ2v) is 9.40. The SMILES string of the molecule is COCc1cc2c(C)nc3c(-c4c(C)cc(C)cc4C)c(C)nn3c2n1CCCOC(C)C. The Labute approximate surface area is 196 Å². The van der Waals surface area contributed by atoms with Gasteiger partial charge in [0.1, 0.15) is 5.65 Å². The molecule has 176 valence electrons. The average molecular weight is 449 g/mol. The van der Waals surface area contributed by atoms with E-state index in [2.05, 4.69) is 71.2 Å². The molecule has 6 nitrogen and oxygen atoms in total. The lowest BCUT2D eigenvalue weighted by Gasteiger charge is -2.13. The summed E-state index contributed by atoms with van der Waals surface area (Å²) in [6, 6.07) is 6.68. The molecule has 4 aromatic rings. The first-order valence-corrected chi connectivity index (χ1v) is 11.8. The van der Waals surface area contributed by atoms with E-state index in [-0.39, 0.29) is 6.10 Å². The highest BCUT2D eigenvalue weighted by Crippen LogP contribution is 2.35. The molecule has 0 spiro atoms. The molecule has 4 rings (SSSR count). The van der Waals surface area contributed by atoms with Crippen LogP contribution in [0.1, 0.15) is 54.0 Å². The van der Waals surface area contributed by atoms with E-state index in [1.807, 2.05) is 4.52 Å². The number of benzene rings is 1. The minimum absolute atomic E-state index is 0.236. The van der Waals surface area contributed by atoms with Gasteiger partial charge in [0.05, 0.1) is 29.7 Å². The topological polar surface area (TPSA) is 53.6 Å². The van der Waals surface area contributed by atoms with Gasteiger partial charge in [-0.1, -0.05) is 17.7 Å². The van der Waals surface area contributed by atoms with Gasteiger partial charge in [0.15, 0.2) is 5.65 Å². The molecular formula is C27H36N4O2. The van der Waals surface area contributed by atoms with Crippen molar-refractivity contribution in [1.82, 2.24) is 19.2 Å². The van der Waals surface area contributed by atoms with E-state index >= 15 is 0 Å². The van der Waals surface area contributed by atoms with E-state index in [0.29, 0.717) is 6.61 Å². The monoisotopic (exact) mass is 448 g/mol. The molecule has 0 saturated heterocycles. The molecule has 0 aliphatic rings. The molecule has 0 aliphatic carbocycles. The lowest BCUT2D eigenvalue weighted by molar-refractivity contribution is 0.0746. The zero-order chi connectivity index (χ0) is 23.9. The number of methoxy groups -OCH3 is 1. The summed E-state index contributed by atoms with van der Waals surface area (Å²) in [6.07, 6.45) is 1.16. The third kappa shape index (κ3) is 4.30. The molecule has 0 atom stereocenters. The van der Waals surface area contributed by atoms with Gasteiger partial charge in [0.25, 0.3) is 0 Å². The summed E-state index contributed by atoms with van der Waals surface area (Å²) in [6.45, 7) is 16.9. The Morgan fingerprint density at radius 1 is 0.939 bits per heavy atom. The molecule has 3 aromatic heterocycles. The molecule has 0 saturated carbocycles. The van der Waals surface area contributed by atoms with E-state index in [9.17, 15) is 0 Å². The van der Waals surface area contributed by atoms with E-state index < -0.39 is 0 Å². The van der Waals surface area contributed by atoms with Gasteiger partial charge in [-0.3, -0.25) is 0 Å². The summed E-state index contributed by atoms with van der Waals surface area (Å²) in [4.78, 5) is 5.06. The quantitative estimate of drug-likeness (QED) is 0.317. The Bertz CT molecular complexity index is 1290. The van der Waals surface area contributed by atoms with Crippen LogP contribution in [0.15, 0.2) is 18.2 Å². The Morgan fingerprint density at radius 3 is 2.27 bits per heavy atom. The highest BCUT2D eigenvalue weighted by atomic mass is 16.5. The highest BCUT2D eigenvalue weighted by molar-refractivity contribution is 5.90. The van der Waals surface area contributed by atoms with Crippen LogP contribution in [0.3, 0.4) is 0 Å². The molecule has 0 amide bonds. The minimum atomic E-state index is 0.236. The van der Waals surface area contributed by atoms with Gasteiger partial charge in [0, 0.05) is 31.3 Å². The van der Waals surface area contributed by atoms with Crippen molar-refractivity contribution >= 4 is 16.7 Å². The highest BCUT2D eigenvalue weighted by Gasteiger charge is 2.22. The summed E-state index contributed by atoms with van der Waals surface area (Å²) in [5.41, 5.74) is 11.3. The second kappa shape index (κ2) is 9.27. The first-order valence-electron chi connectivity index (χ1n) is 11.8. The number of nitrogens with zero attached hydrogens (tertiary/aromatic N) is 4. The van der Waals surface area contributed by atoms with Crippen LogP contribution >= 0.6 is 0 Å². The van der Waals surface area contributed by atoms with Crippen LogP contribution in [-0.2, 0) is 22.6 Å². The predicted molar refractivity (Wildman–Crippen MR) is 134 cm³/mol. The van der Waals surface area contributed by atoms with Gasteiger partial charge in [-0.2, -0.15) is 9.61 Å². The fraction of sp³-hybridized carbons (Fsp3) is 0.481. The molecule has 0 radical (unpaired) electrons. The number of hydrogen-bond donors (Lipinski definition) is 0. The van der Waals surface area contributed by atoms with E-state index in [0.717, 1.165) is 58.9 Å². The molecule has 0 fully saturated rings. The normalized spacial score (nSPS) is 12.0. The maximum absolute atomic E-state index is 5.80. The smallest absolute Gasteiger partial charge is 0.165 e. The number of ether oxygens (including phenoxy) is 2. The molecule has 0 bridgehead atoms. The third-order valence-electron chi connectivity index (χ3n) is 6.25. The van der Waals surface area contributed by atoms with Crippen LogP contribution in [0.2, 0.25) is 0 Å². The number of fused-ring (bicyclic) bond motifs is 3. The maximum Gasteiger partial charge on any atom is 0.165 e. The van der Waals surface area contributed by atoms with Crippen molar-refractivity contribution < 1.29 is 9.47 Å². The fourth-order valence-corrected chi connectivity index (χ4v) is 5.00. The number of rotatable bonds is 8. The summed E-state index contributed by atoms with van der Waals surface area (Å²) in [5.74, 6) is 0. The zero-order valence-electron chi connectivity index (χ0n) is 21.2. The first-order chi connectivity index (χ1) is 15.7. The molecule has 33 heavy (non-hydrogen) atoms. The van der Waals surface area contributed by atoms with Gasteiger partial charge >= 0.3 is 0 Å². The summed E-state index contributed by atoms with van der Waals surface area (Å²) >= 11 is 0. The molecule has 1 aromatic carbocycles. The van der Waals surface area contributed by atoms with Gasteiger partial charge in [-0.25, -0.2) is 4.98 Å². The van der Waals surface area contributed by atoms with Gasteiger partial charge < -0.3 is 14.0 Å². The molecule has 0 N–H and O–H groups in total. The molecule has 6 heteroatoms. The minimum Gasteiger partial charge on any atom is -0.379 e. The number of aromatic nitrogens is 4. The zero-order valence-corrected chi connectivity index (χ0v) is 21.2. The second-order valence-electron chi connectivity index (χ2n) is 9.40. The predicted octanol–water partition coefficient (Wildman–Crippen LogP) is 5.85. The first kappa shape index (κ1) is 23.5. The van der Waals surface area contributed by atoms with E-state index in [1.165, 1.54) is 22.3 Å². The lowest BCUT2D eigenvalue weighted by Crippen LogP contribution is -2.11. The van der Waals surface area contributed by atoms with E-state index in [1.54, 1.807) is 7.11 Å². The van der Waals surface area contributed by atoms with Crippen LogP contribution in [-0.4, -0.2) is 39.0 Å². The van der Waals surface area contributed by atoms with Crippen LogP contribution in [0.5, 0.6) is 0 Å². The van der Waals surface area contributed by atoms with Gasteiger partial charge in [0.2, 0.25) is 0 Å². The molecule has 0 unspecified atom stereocenters. The van der Waals surface area contributed by atoms with Gasteiger partial charge in [-0.05, 0) is 77.6 Å². The Hall–Kier alpha value is -2.70. The van der Waals surface area contributed by atoms with Crippen LogP contribution in [0.25, 0.3) is 27.8 Å². The molecular weight excluding hydrogens is 412 g/mol. The Kier molecular flexibility index (Phi) is 6.59. The van der Waals surface area contributed by atoms with Crippen molar-refractivity contribution in [3.63, 3.8) is 0 Å². The summed E-state index contributed by atoms with van der Waals surface area (Å²) in [5, 5.41) is 6.13. The Morgan fingerprint density at radius 2 is 1.64 bits per heavy atom. The molecule has 3 heterocycles. The van der Waals surface area contributed by atoms with Gasteiger partial charge in [-0.15, -0.1) is 0 Å². The van der Waals surface area contributed by atoms with Crippen molar-refractivity contribution in [1.29, 1.82) is 0 Å². The third-order valence-corrected chi connectivity index (χ3v) is 6.25. The standard InChI is InChI=1S/C27H36N4O2/c1-16(2)33-11-9-10-30-22(15-32-8)14-23-20(6)28-26-25(21(7)29-31(26)27(23)30)24-18(4)12-17(3)13-19(24)5/h12-14,16H,9-11,15H2,1-8H3. The molecule has 0 aliphatic heterocycles.